The van der Waals surface area contributed by atoms with Crippen molar-refractivity contribution in [1.82, 2.24) is 0 Å². The molecule has 0 bridgehead atoms. The zero-order valence-corrected chi connectivity index (χ0v) is 24.6. The third kappa shape index (κ3) is 3.62. The number of allylic oxidation sites excluding steroid dienone is 3. The molecule has 7 atom stereocenters. The van der Waals surface area contributed by atoms with E-state index in [0.29, 0.717) is 18.5 Å². The number of hydrogen-bond acceptors (Lipinski definition) is 8. The maximum atomic E-state index is 13.7. The lowest BCUT2D eigenvalue weighted by atomic mass is 9.45. The third-order valence-electron chi connectivity index (χ3n) is 11.7. The number of rotatable bonds is 5. The number of hydrogen-bond donors (Lipinski definition) is 2. The fourth-order valence-electron chi connectivity index (χ4n) is 9.97. The number of carbonyl (C=O) groups excluding carboxylic acids is 2. The van der Waals surface area contributed by atoms with E-state index in [9.17, 15) is 23.5 Å². The van der Waals surface area contributed by atoms with Gasteiger partial charge in [-0.3, -0.25) is 4.79 Å². The largest absolute Gasteiger partial charge is 0.448 e. The third-order valence-corrected chi connectivity index (χ3v) is 12.5. The lowest BCUT2D eigenvalue weighted by Gasteiger charge is -2.60. The molecule has 1 aromatic rings. The molecule has 6 rings (SSSR count). The lowest BCUT2D eigenvalue weighted by molar-refractivity contribution is -0.197. The van der Waals surface area contributed by atoms with Crippen molar-refractivity contribution in [3.63, 3.8) is 0 Å². The van der Waals surface area contributed by atoms with Gasteiger partial charge in [0.2, 0.25) is 5.12 Å². The maximum absolute atomic E-state index is 13.7. The first-order valence-electron chi connectivity index (χ1n) is 14.4. The summed E-state index contributed by atoms with van der Waals surface area (Å²) in [6.07, 6.45) is 6.82. The van der Waals surface area contributed by atoms with Gasteiger partial charge in [-0.05, 0) is 98.4 Å². The average Bonchev–Trinajstić information content (AvgIpc) is 3.61. The van der Waals surface area contributed by atoms with E-state index in [1.165, 1.54) is 17.7 Å². The highest BCUT2D eigenvalue weighted by atomic mass is 32.2. The van der Waals surface area contributed by atoms with Crippen LogP contribution in [0.3, 0.4) is 0 Å². The van der Waals surface area contributed by atoms with Crippen molar-refractivity contribution in [3.05, 3.63) is 53.5 Å². The van der Waals surface area contributed by atoms with Crippen LogP contribution in [0.15, 0.2) is 52.7 Å². The summed E-state index contributed by atoms with van der Waals surface area (Å²) in [7, 11) is 0. The number of nitrogens with two attached hydrogens (primary N) is 1. The molecular formula is C32H35F2N3O4S. The van der Waals surface area contributed by atoms with Crippen LogP contribution in [0.2, 0.25) is 0 Å². The summed E-state index contributed by atoms with van der Waals surface area (Å²) in [6, 6.07) is 7.94. The Morgan fingerprint density at radius 1 is 1.29 bits per heavy atom. The summed E-state index contributed by atoms with van der Waals surface area (Å²) >= 11 is 0.797. The molecule has 4 saturated carbocycles. The molecule has 0 amide bonds. The summed E-state index contributed by atoms with van der Waals surface area (Å²) in [6.45, 7) is 2.76. The highest BCUT2D eigenvalue weighted by Gasteiger charge is 2.88. The molecule has 3 N–H and O–H groups in total. The summed E-state index contributed by atoms with van der Waals surface area (Å²) in [5, 5.41) is 20.8. The van der Waals surface area contributed by atoms with Crippen molar-refractivity contribution in [3.8, 4) is 6.07 Å². The van der Waals surface area contributed by atoms with Crippen molar-refractivity contribution < 1.29 is 28.2 Å². The number of esters is 1. The summed E-state index contributed by atoms with van der Waals surface area (Å²) in [5.74, 6) is -1.57. The molecule has 42 heavy (non-hydrogen) atoms. The minimum atomic E-state index is -1.60. The second kappa shape index (κ2) is 9.75. The molecule has 4 fully saturated rings. The van der Waals surface area contributed by atoms with E-state index >= 15 is 0 Å². The monoisotopic (exact) mass is 595 g/mol. The molecule has 5 aliphatic rings. The molecule has 0 radical (unpaired) electrons. The predicted molar refractivity (Wildman–Crippen MR) is 155 cm³/mol. The van der Waals surface area contributed by atoms with Gasteiger partial charge in [0.25, 0.3) is 0 Å². The number of fused-ring (bicyclic) bond motifs is 2. The fraction of sp³-hybridized carbons (Fsp3) is 0.562. The number of aliphatic hydroxyl groups is 1. The molecule has 0 saturated heterocycles. The molecule has 0 aliphatic heterocycles. The van der Waals surface area contributed by atoms with Crippen LogP contribution in [-0.2, 0) is 14.3 Å². The summed E-state index contributed by atoms with van der Waals surface area (Å²) in [5.41, 5.74) is 5.86. The quantitative estimate of drug-likeness (QED) is 0.433. The number of ether oxygens (including phenoxy) is 1. The van der Waals surface area contributed by atoms with Crippen LogP contribution in [0.1, 0.15) is 58.8 Å². The highest BCUT2D eigenvalue weighted by Crippen LogP contribution is 2.90. The fourth-order valence-corrected chi connectivity index (χ4v) is 10.8. The van der Waals surface area contributed by atoms with Crippen molar-refractivity contribution in [2.24, 2.45) is 38.3 Å². The Labute approximate surface area is 248 Å². The Morgan fingerprint density at radius 3 is 2.69 bits per heavy atom. The van der Waals surface area contributed by atoms with Crippen molar-refractivity contribution in [2.75, 3.05) is 12.4 Å². The number of alkyl halides is 1. The summed E-state index contributed by atoms with van der Waals surface area (Å²) < 4.78 is 32.7. The van der Waals surface area contributed by atoms with E-state index in [2.05, 4.69) is 13.0 Å². The first-order valence-corrected chi connectivity index (χ1v) is 15.4. The number of benzene rings is 1. The molecule has 5 aliphatic carbocycles. The van der Waals surface area contributed by atoms with E-state index in [-0.39, 0.29) is 35.7 Å². The van der Waals surface area contributed by atoms with Crippen LogP contribution in [0.5, 0.6) is 0 Å². The van der Waals surface area contributed by atoms with Crippen LogP contribution in [-0.4, -0.2) is 46.0 Å². The topological polar surface area (TPSA) is 126 Å². The highest BCUT2D eigenvalue weighted by molar-refractivity contribution is 8.14. The second-order valence-corrected chi connectivity index (χ2v) is 14.0. The Balaban J connectivity index is 1.40. The van der Waals surface area contributed by atoms with Gasteiger partial charge < -0.3 is 15.6 Å². The first kappa shape index (κ1) is 29.1. The number of nitriles is 1. The molecular weight excluding hydrogens is 560 g/mol. The predicted octanol–water partition coefficient (Wildman–Crippen LogP) is 5.46. The molecule has 0 heterocycles. The van der Waals surface area contributed by atoms with Gasteiger partial charge in [-0.1, -0.05) is 31.2 Å². The Bertz CT molecular complexity index is 1490. The molecule has 222 valence electrons. The molecule has 0 aromatic heterocycles. The zero-order chi connectivity index (χ0) is 30.1. The Kier molecular flexibility index (Phi) is 6.74. The normalized spacial score (nSPS) is 41.6. The van der Waals surface area contributed by atoms with Gasteiger partial charge >= 0.3 is 5.97 Å². The number of nitrogens with zero attached hydrogens (tertiary/aromatic N) is 2. The molecule has 1 aromatic carbocycles. The van der Waals surface area contributed by atoms with Gasteiger partial charge in [-0.25, -0.2) is 18.6 Å². The molecule has 7 nitrogen and oxygen atoms in total. The molecule has 0 spiro atoms. The summed E-state index contributed by atoms with van der Waals surface area (Å²) in [4.78, 5) is 30.8. The van der Waals surface area contributed by atoms with Crippen LogP contribution < -0.4 is 5.73 Å². The lowest BCUT2D eigenvalue weighted by Crippen LogP contribution is -2.62. The minimum absolute atomic E-state index is 0.0367. The van der Waals surface area contributed by atoms with Crippen LogP contribution in [0, 0.1) is 44.7 Å². The number of aliphatic imine (C=N–C) groups is 1. The van der Waals surface area contributed by atoms with E-state index in [0.717, 1.165) is 42.3 Å². The van der Waals surface area contributed by atoms with Gasteiger partial charge in [0, 0.05) is 16.2 Å². The second-order valence-electron chi connectivity index (χ2n) is 13.0. The van der Waals surface area contributed by atoms with E-state index < -0.39 is 45.7 Å². The van der Waals surface area contributed by atoms with Gasteiger partial charge in [0.1, 0.15) is 5.82 Å². The van der Waals surface area contributed by atoms with Crippen molar-refractivity contribution >= 4 is 34.2 Å². The number of thioether (sulfide) groups is 1. The van der Waals surface area contributed by atoms with E-state index in [1.54, 1.807) is 18.3 Å². The van der Waals surface area contributed by atoms with Crippen molar-refractivity contribution in [2.45, 2.75) is 70.5 Å². The van der Waals surface area contributed by atoms with Crippen LogP contribution >= 0.6 is 11.8 Å². The zero-order valence-electron chi connectivity index (χ0n) is 23.8. The first-order chi connectivity index (χ1) is 20.0. The Hall–Kier alpha value is -3.03. The maximum Gasteiger partial charge on any atom is 0.338 e. The van der Waals surface area contributed by atoms with Crippen LogP contribution in [0.25, 0.3) is 0 Å². The molecule has 3 unspecified atom stereocenters. The van der Waals surface area contributed by atoms with Crippen LogP contribution in [0.4, 0.5) is 14.5 Å². The van der Waals surface area contributed by atoms with Gasteiger partial charge in [-0.15, -0.1) is 0 Å². The standard InChI is InChI=1S/C32H35F2N3O4S/c1-28-14-19(17-36)23(37-22-5-3-21(34)4-6-22)13-20(28)7-9-30-18-31(28,30)25(38)15-29(2)24(30)8-10-32(29,41-26(39)16-33)27(40)42-12-11-35/h3-6,13,17,24-25,38H,7-10,12,14-16,18,36H2,1-2H3/t24?,25-,28-,29-,30?,31?,32-/m0/s1. The smallest absolute Gasteiger partial charge is 0.338 e. The van der Waals surface area contributed by atoms with Gasteiger partial charge in [0.05, 0.1) is 29.3 Å². The van der Waals surface area contributed by atoms with Gasteiger partial charge in [0.15, 0.2) is 12.3 Å². The van der Waals surface area contributed by atoms with E-state index in [4.69, 9.17) is 20.7 Å². The molecule has 10 heteroatoms. The minimum Gasteiger partial charge on any atom is -0.448 e. The number of halogens is 2. The van der Waals surface area contributed by atoms with E-state index in [1.807, 2.05) is 13.0 Å². The van der Waals surface area contributed by atoms with Gasteiger partial charge in [-0.2, -0.15) is 5.26 Å². The average molecular weight is 596 g/mol. The van der Waals surface area contributed by atoms with Crippen molar-refractivity contribution in [1.29, 1.82) is 5.26 Å². The number of aliphatic hydroxyl groups excluding tert-OH is 1. The Morgan fingerprint density at radius 2 is 2.02 bits per heavy atom. The SMILES string of the molecule is C[C@]12CC(=CN)C(=Nc3ccc(F)cc3)C=C1CCC13CC12[C@@H](O)C[C@@]1(C)C3CC[C@]1(OC(=O)CF)C(=O)SCC#N. The number of carbonyl (C=O) groups is 2.